The van der Waals surface area contributed by atoms with Gasteiger partial charge in [-0.25, -0.2) is 0 Å². The summed E-state index contributed by atoms with van der Waals surface area (Å²) in [4.78, 5) is 13.9. The molecule has 1 atom stereocenters. The molecular formula is C15H22N2O2. The van der Waals surface area contributed by atoms with Crippen molar-refractivity contribution in [2.75, 3.05) is 25.4 Å². The molecule has 1 amide bonds. The number of hydrogen-bond donors (Lipinski definition) is 1. The molecule has 0 aromatic heterocycles. The molecule has 1 saturated heterocycles. The van der Waals surface area contributed by atoms with Crippen LogP contribution in [0, 0.1) is 5.92 Å². The summed E-state index contributed by atoms with van der Waals surface area (Å²) in [6, 6.07) is 7.25. The van der Waals surface area contributed by atoms with E-state index in [4.69, 9.17) is 10.5 Å². The van der Waals surface area contributed by atoms with E-state index in [1.54, 1.807) is 12.1 Å². The van der Waals surface area contributed by atoms with E-state index < -0.39 is 0 Å². The molecule has 4 nitrogen and oxygen atoms in total. The molecule has 0 saturated carbocycles. The molecule has 2 N–H and O–H groups in total. The third-order valence-corrected chi connectivity index (χ3v) is 3.61. The van der Waals surface area contributed by atoms with Gasteiger partial charge in [-0.15, -0.1) is 0 Å². The number of nitrogen functional groups attached to an aromatic ring is 1. The highest BCUT2D eigenvalue weighted by molar-refractivity contribution is 5.78. The van der Waals surface area contributed by atoms with Gasteiger partial charge in [-0.05, 0) is 30.9 Å². The third-order valence-electron chi connectivity index (χ3n) is 3.61. The molecule has 0 bridgehead atoms. The largest absolute Gasteiger partial charge is 0.482 e. The van der Waals surface area contributed by atoms with Crippen LogP contribution in [0.2, 0.25) is 0 Å². The highest BCUT2D eigenvalue weighted by Gasteiger charge is 2.25. The van der Waals surface area contributed by atoms with Crippen molar-refractivity contribution in [1.29, 1.82) is 0 Å². The Morgan fingerprint density at radius 1 is 1.47 bits per heavy atom. The molecule has 1 aliphatic rings. The van der Waals surface area contributed by atoms with Gasteiger partial charge in [0.05, 0.1) is 5.69 Å². The molecule has 0 radical (unpaired) electrons. The number of nitrogens with zero attached hydrogens (tertiary/aromatic N) is 1. The van der Waals surface area contributed by atoms with E-state index in [-0.39, 0.29) is 12.5 Å². The summed E-state index contributed by atoms with van der Waals surface area (Å²) < 4.78 is 5.49. The Morgan fingerprint density at radius 3 is 3.00 bits per heavy atom. The summed E-state index contributed by atoms with van der Waals surface area (Å²) in [6.45, 7) is 4.00. The molecule has 1 aromatic rings. The monoisotopic (exact) mass is 262 g/mol. The molecule has 4 heteroatoms. The first-order valence-corrected chi connectivity index (χ1v) is 6.95. The quantitative estimate of drug-likeness (QED) is 0.828. The zero-order chi connectivity index (χ0) is 13.7. The van der Waals surface area contributed by atoms with Crippen molar-refractivity contribution in [3.05, 3.63) is 24.3 Å². The Kier molecular flexibility index (Phi) is 4.66. The van der Waals surface area contributed by atoms with Crippen LogP contribution in [0.25, 0.3) is 0 Å². The fourth-order valence-corrected chi connectivity index (χ4v) is 2.55. The lowest BCUT2D eigenvalue weighted by Crippen LogP contribution is -2.33. The van der Waals surface area contributed by atoms with Crippen LogP contribution < -0.4 is 10.5 Å². The third kappa shape index (κ3) is 3.63. The Balaban J connectivity index is 1.81. The van der Waals surface area contributed by atoms with Gasteiger partial charge in [-0.1, -0.05) is 25.5 Å². The van der Waals surface area contributed by atoms with Gasteiger partial charge in [-0.3, -0.25) is 4.79 Å². The molecular weight excluding hydrogens is 240 g/mol. The van der Waals surface area contributed by atoms with E-state index in [0.717, 1.165) is 19.5 Å². The molecule has 1 fully saturated rings. The Morgan fingerprint density at radius 2 is 2.26 bits per heavy atom. The molecule has 0 spiro atoms. The van der Waals surface area contributed by atoms with Gasteiger partial charge < -0.3 is 15.4 Å². The molecule has 104 valence electrons. The van der Waals surface area contributed by atoms with Gasteiger partial charge >= 0.3 is 0 Å². The SMILES string of the molecule is CCCC1CCN(C(=O)COc2ccccc2N)C1. The van der Waals surface area contributed by atoms with Crippen molar-refractivity contribution >= 4 is 11.6 Å². The molecule has 1 aromatic carbocycles. The van der Waals surface area contributed by atoms with Crippen LogP contribution in [-0.2, 0) is 4.79 Å². The predicted molar refractivity (Wildman–Crippen MR) is 75.9 cm³/mol. The maximum absolute atomic E-state index is 12.0. The molecule has 2 rings (SSSR count). The van der Waals surface area contributed by atoms with E-state index in [9.17, 15) is 4.79 Å². The van der Waals surface area contributed by atoms with Gasteiger partial charge in [-0.2, -0.15) is 0 Å². The van der Waals surface area contributed by atoms with Gasteiger partial charge in [0.25, 0.3) is 5.91 Å². The van der Waals surface area contributed by atoms with Gasteiger partial charge in [0.15, 0.2) is 6.61 Å². The predicted octanol–water partition coefficient (Wildman–Crippen LogP) is 2.30. The average molecular weight is 262 g/mol. The number of carbonyl (C=O) groups is 1. The van der Waals surface area contributed by atoms with E-state index in [1.807, 2.05) is 17.0 Å². The van der Waals surface area contributed by atoms with Crippen LogP contribution in [0.5, 0.6) is 5.75 Å². The smallest absolute Gasteiger partial charge is 0.260 e. The van der Waals surface area contributed by atoms with Gasteiger partial charge in [0.1, 0.15) is 5.75 Å². The molecule has 1 heterocycles. The number of amides is 1. The molecule has 0 aliphatic carbocycles. The summed E-state index contributed by atoms with van der Waals surface area (Å²) in [5, 5.41) is 0. The molecule has 1 aliphatic heterocycles. The Bertz CT molecular complexity index is 434. The van der Waals surface area contributed by atoms with Crippen LogP contribution in [-0.4, -0.2) is 30.5 Å². The number of benzene rings is 1. The van der Waals surface area contributed by atoms with Crippen LogP contribution in [0.1, 0.15) is 26.2 Å². The maximum Gasteiger partial charge on any atom is 0.260 e. The number of ether oxygens (including phenoxy) is 1. The minimum absolute atomic E-state index is 0.0573. The normalized spacial score (nSPS) is 18.6. The lowest BCUT2D eigenvalue weighted by molar-refractivity contribution is -0.132. The van der Waals surface area contributed by atoms with Crippen molar-refractivity contribution in [3.8, 4) is 5.75 Å². The summed E-state index contributed by atoms with van der Waals surface area (Å²) in [5.41, 5.74) is 6.34. The topological polar surface area (TPSA) is 55.6 Å². The van der Waals surface area contributed by atoms with E-state index in [0.29, 0.717) is 17.4 Å². The lowest BCUT2D eigenvalue weighted by atomic mass is 10.0. The minimum atomic E-state index is 0.0573. The van der Waals surface area contributed by atoms with Crippen LogP contribution in [0.3, 0.4) is 0 Å². The first-order valence-electron chi connectivity index (χ1n) is 6.95. The maximum atomic E-state index is 12.0. The zero-order valence-electron chi connectivity index (χ0n) is 11.5. The summed E-state index contributed by atoms with van der Waals surface area (Å²) in [6.07, 6.45) is 3.51. The van der Waals surface area contributed by atoms with Crippen LogP contribution in [0.4, 0.5) is 5.69 Å². The number of hydrogen-bond acceptors (Lipinski definition) is 3. The standard InChI is InChI=1S/C15H22N2O2/c1-2-5-12-8-9-17(10-12)15(18)11-19-14-7-4-3-6-13(14)16/h3-4,6-7,12H,2,5,8-11,16H2,1H3. The molecule has 19 heavy (non-hydrogen) atoms. The number of rotatable bonds is 5. The van der Waals surface area contributed by atoms with Crippen molar-refractivity contribution in [1.82, 2.24) is 4.90 Å². The second kappa shape index (κ2) is 6.45. The van der Waals surface area contributed by atoms with E-state index in [2.05, 4.69) is 6.92 Å². The van der Waals surface area contributed by atoms with Crippen molar-refractivity contribution in [2.45, 2.75) is 26.2 Å². The summed E-state index contributed by atoms with van der Waals surface area (Å²) in [7, 11) is 0. The second-order valence-corrected chi connectivity index (χ2v) is 5.11. The highest BCUT2D eigenvalue weighted by atomic mass is 16.5. The number of carbonyl (C=O) groups excluding carboxylic acids is 1. The van der Waals surface area contributed by atoms with Gasteiger partial charge in [0, 0.05) is 13.1 Å². The highest BCUT2D eigenvalue weighted by Crippen LogP contribution is 2.22. The Hall–Kier alpha value is -1.71. The Labute approximate surface area is 114 Å². The van der Waals surface area contributed by atoms with Gasteiger partial charge in [0.2, 0.25) is 0 Å². The number of likely N-dealkylation sites (tertiary alicyclic amines) is 1. The van der Waals surface area contributed by atoms with E-state index in [1.165, 1.54) is 12.8 Å². The van der Waals surface area contributed by atoms with Crippen molar-refractivity contribution < 1.29 is 9.53 Å². The van der Waals surface area contributed by atoms with E-state index >= 15 is 0 Å². The zero-order valence-corrected chi connectivity index (χ0v) is 11.5. The summed E-state index contributed by atoms with van der Waals surface area (Å²) >= 11 is 0. The number of para-hydroxylation sites is 2. The summed E-state index contributed by atoms with van der Waals surface area (Å²) in [5.74, 6) is 1.30. The first-order chi connectivity index (χ1) is 9.20. The second-order valence-electron chi connectivity index (χ2n) is 5.11. The fourth-order valence-electron chi connectivity index (χ4n) is 2.55. The number of nitrogens with two attached hydrogens (primary N) is 1. The molecule has 1 unspecified atom stereocenters. The van der Waals surface area contributed by atoms with Crippen LogP contribution in [0.15, 0.2) is 24.3 Å². The van der Waals surface area contributed by atoms with Crippen LogP contribution >= 0.6 is 0 Å². The lowest BCUT2D eigenvalue weighted by Gasteiger charge is -2.17. The fraction of sp³-hybridized carbons (Fsp3) is 0.533. The first kappa shape index (κ1) is 13.7. The van der Waals surface area contributed by atoms with Crippen molar-refractivity contribution in [3.63, 3.8) is 0 Å². The number of anilines is 1. The van der Waals surface area contributed by atoms with Crippen molar-refractivity contribution in [2.24, 2.45) is 5.92 Å². The average Bonchev–Trinajstić information content (AvgIpc) is 2.87. The minimum Gasteiger partial charge on any atom is -0.482 e.